The van der Waals surface area contributed by atoms with Gasteiger partial charge in [-0.2, -0.15) is 0 Å². The monoisotopic (exact) mass is 365 g/mol. The van der Waals surface area contributed by atoms with Crippen LogP contribution in [0.3, 0.4) is 0 Å². The van der Waals surface area contributed by atoms with Crippen LogP contribution in [0.5, 0.6) is 5.75 Å². The van der Waals surface area contributed by atoms with Crippen LogP contribution in [0.1, 0.15) is 24.1 Å². The van der Waals surface area contributed by atoms with Gasteiger partial charge in [-0.15, -0.1) is 0 Å². The van der Waals surface area contributed by atoms with Crippen molar-refractivity contribution in [2.45, 2.75) is 25.9 Å². The maximum Gasteiger partial charge on any atom is 0.258 e. The first-order chi connectivity index (χ1) is 13.2. The number of hydrogen-bond acceptors (Lipinski definition) is 4. The Bertz CT molecular complexity index is 910. The molecule has 2 aliphatic rings. The fourth-order valence-electron chi connectivity index (χ4n) is 3.02. The Morgan fingerprint density at radius 3 is 2.67 bits per heavy atom. The lowest BCUT2D eigenvalue weighted by Crippen LogP contribution is -2.33. The predicted molar refractivity (Wildman–Crippen MR) is 102 cm³/mol. The van der Waals surface area contributed by atoms with Crippen molar-refractivity contribution in [3.63, 3.8) is 0 Å². The van der Waals surface area contributed by atoms with Gasteiger partial charge in [-0.05, 0) is 44.0 Å². The molecule has 4 rings (SSSR count). The van der Waals surface area contributed by atoms with E-state index in [-0.39, 0.29) is 11.7 Å². The molecule has 0 spiro atoms. The van der Waals surface area contributed by atoms with Crippen LogP contribution < -0.4 is 10.3 Å². The summed E-state index contributed by atoms with van der Waals surface area (Å²) in [7, 11) is 0. The molecule has 0 radical (unpaired) electrons. The Balaban J connectivity index is 1.48. The van der Waals surface area contributed by atoms with Gasteiger partial charge in [0, 0.05) is 35.0 Å². The molecule has 1 aromatic heterocycles. The van der Waals surface area contributed by atoms with Crippen molar-refractivity contribution < 1.29 is 14.2 Å². The second-order valence-corrected chi connectivity index (χ2v) is 6.98. The lowest BCUT2D eigenvalue weighted by Gasteiger charge is -2.23. The van der Waals surface area contributed by atoms with Crippen LogP contribution in [0, 0.1) is 24.7 Å². The molecule has 0 amide bonds. The van der Waals surface area contributed by atoms with E-state index in [2.05, 4.69) is 11.8 Å². The smallest absolute Gasteiger partial charge is 0.258 e. The third kappa shape index (κ3) is 4.60. The summed E-state index contributed by atoms with van der Waals surface area (Å²) in [6.07, 6.45) is 2.34. The van der Waals surface area contributed by atoms with E-state index in [0.717, 1.165) is 16.9 Å². The molecule has 1 unspecified atom stereocenters. The van der Waals surface area contributed by atoms with E-state index >= 15 is 0 Å². The molecule has 1 saturated heterocycles. The van der Waals surface area contributed by atoms with E-state index in [1.807, 2.05) is 37.3 Å². The van der Waals surface area contributed by atoms with Gasteiger partial charge in [0.1, 0.15) is 18.5 Å². The number of aromatic nitrogens is 1. The number of nitrogens with zero attached hydrogens (tertiary/aromatic N) is 1. The second kappa shape index (κ2) is 7.99. The van der Waals surface area contributed by atoms with E-state index in [4.69, 9.17) is 14.2 Å². The zero-order valence-corrected chi connectivity index (χ0v) is 15.4. The van der Waals surface area contributed by atoms with Gasteiger partial charge in [0.05, 0.1) is 19.8 Å². The van der Waals surface area contributed by atoms with Gasteiger partial charge in [0.25, 0.3) is 5.56 Å². The van der Waals surface area contributed by atoms with Crippen LogP contribution in [0.25, 0.3) is 5.69 Å². The highest BCUT2D eigenvalue weighted by atomic mass is 16.6. The number of ether oxygens (including phenoxy) is 3. The Morgan fingerprint density at radius 2 is 2.00 bits per heavy atom. The number of hydrogen-bond donors (Lipinski definition) is 0. The van der Waals surface area contributed by atoms with Gasteiger partial charge in [0.2, 0.25) is 0 Å². The van der Waals surface area contributed by atoms with Gasteiger partial charge < -0.3 is 14.2 Å². The molecule has 0 bridgehead atoms. The zero-order valence-electron chi connectivity index (χ0n) is 15.4. The number of aryl methyl sites for hydroxylation is 1. The van der Waals surface area contributed by atoms with Gasteiger partial charge >= 0.3 is 0 Å². The predicted octanol–water partition coefficient (Wildman–Crippen LogP) is 2.70. The Morgan fingerprint density at radius 1 is 1.19 bits per heavy atom. The summed E-state index contributed by atoms with van der Waals surface area (Å²) in [4.78, 5) is 12.6. The van der Waals surface area contributed by atoms with E-state index < -0.39 is 0 Å². The number of pyridine rings is 1. The van der Waals surface area contributed by atoms with Crippen molar-refractivity contribution in [3.05, 3.63) is 58.0 Å². The molecule has 5 nitrogen and oxygen atoms in total. The maximum absolute atomic E-state index is 12.6. The van der Waals surface area contributed by atoms with Crippen molar-refractivity contribution in [1.82, 2.24) is 4.57 Å². The highest BCUT2D eigenvalue weighted by molar-refractivity contribution is 5.44. The zero-order chi connectivity index (χ0) is 18.6. The quantitative estimate of drug-likeness (QED) is 0.782. The summed E-state index contributed by atoms with van der Waals surface area (Å²) in [5, 5.41) is 0. The first kappa shape index (κ1) is 17.8. The molecule has 0 N–H and O–H groups in total. The largest absolute Gasteiger partial charge is 0.491 e. The van der Waals surface area contributed by atoms with Gasteiger partial charge in [-0.25, -0.2) is 0 Å². The molecular weight excluding hydrogens is 342 g/mol. The highest BCUT2D eigenvalue weighted by Crippen LogP contribution is 2.27. The average Bonchev–Trinajstić information content (AvgIpc) is 3.51. The third-order valence-corrected chi connectivity index (χ3v) is 4.63. The number of rotatable bonds is 4. The molecule has 1 aromatic carbocycles. The van der Waals surface area contributed by atoms with Crippen LogP contribution in [0.4, 0.5) is 0 Å². The van der Waals surface area contributed by atoms with Crippen LogP contribution in [-0.2, 0) is 9.47 Å². The topological polar surface area (TPSA) is 49.7 Å². The summed E-state index contributed by atoms with van der Waals surface area (Å²) in [5.41, 5.74) is 2.49. The van der Waals surface area contributed by atoms with E-state index in [1.54, 1.807) is 4.57 Å². The highest BCUT2D eigenvalue weighted by Gasteiger charge is 2.18. The SMILES string of the molecule is Cc1cc(OCC2COCCO2)cc(=O)n1-c1ccc(C#CC2CC2)cc1. The molecule has 2 fully saturated rings. The van der Waals surface area contributed by atoms with Crippen molar-refractivity contribution in [1.29, 1.82) is 0 Å². The third-order valence-electron chi connectivity index (χ3n) is 4.63. The molecule has 2 heterocycles. The van der Waals surface area contributed by atoms with Gasteiger partial charge in [0.15, 0.2) is 0 Å². The van der Waals surface area contributed by atoms with Gasteiger partial charge in [-0.3, -0.25) is 9.36 Å². The normalized spacial score (nSPS) is 19.2. The summed E-state index contributed by atoms with van der Waals surface area (Å²) in [6.45, 7) is 3.99. The maximum atomic E-state index is 12.6. The van der Waals surface area contributed by atoms with E-state index in [1.165, 1.54) is 18.9 Å². The molecule has 27 heavy (non-hydrogen) atoms. The number of benzene rings is 1. The Labute approximate surface area is 158 Å². The molecular formula is C22H23NO4. The Hall–Kier alpha value is -2.55. The van der Waals surface area contributed by atoms with Crippen LogP contribution >= 0.6 is 0 Å². The van der Waals surface area contributed by atoms with Crippen molar-refractivity contribution in [2.75, 3.05) is 26.4 Å². The fourth-order valence-corrected chi connectivity index (χ4v) is 3.02. The standard InChI is InChI=1S/C22H23NO4/c1-16-12-20(27-15-21-14-25-10-11-26-21)13-22(24)23(16)19-8-6-18(7-9-19)5-4-17-2-3-17/h6-9,12-13,17,21H,2-3,10-11,14-15H2,1H3. The van der Waals surface area contributed by atoms with Crippen molar-refractivity contribution in [3.8, 4) is 23.3 Å². The molecule has 2 aromatic rings. The molecule has 1 aliphatic heterocycles. The van der Waals surface area contributed by atoms with Crippen LogP contribution in [-0.4, -0.2) is 37.1 Å². The fraction of sp³-hybridized carbons (Fsp3) is 0.409. The molecule has 1 aliphatic carbocycles. The summed E-state index contributed by atoms with van der Waals surface area (Å²) >= 11 is 0. The molecule has 140 valence electrons. The van der Waals surface area contributed by atoms with Crippen LogP contribution in [0.2, 0.25) is 0 Å². The lowest BCUT2D eigenvalue weighted by atomic mass is 10.2. The van der Waals surface area contributed by atoms with Gasteiger partial charge in [-0.1, -0.05) is 11.8 Å². The first-order valence-electron chi connectivity index (χ1n) is 9.37. The first-order valence-corrected chi connectivity index (χ1v) is 9.37. The van der Waals surface area contributed by atoms with Crippen molar-refractivity contribution >= 4 is 0 Å². The molecule has 1 atom stereocenters. The summed E-state index contributed by atoms with van der Waals surface area (Å²) in [5.74, 6) is 7.57. The lowest BCUT2D eigenvalue weighted by molar-refractivity contribution is -0.101. The second-order valence-electron chi connectivity index (χ2n) is 6.98. The average molecular weight is 365 g/mol. The summed E-state index contributed by atoms with van der Waals surface area (Å²) < 4.78 is 18.3. The Kier molecular flexibility index (Phi) is 5.28. The minimum atomic E-state index is -0.123. The minimum Gasteiger partial charge on any atom is -0.491 e. The summed E-state index contributed by atoms with van der Waals surface area (Å²) in [6, 6.07) is 11.2. The minimum absolute atomic E-state index is 0.0919. The molecule has 1 saturated carbocycles. The van der Waals surface area contributed by atoms with E-state index in [9.17, 15) is 4.79 Å². The van der Waals surface area contributed by atoms with Crippen LogP contribution in [0.15, 0.2) is 41.2 Å². The van der Waals surface area contributed by atoms with E-state index in [0.29, 0.717) is 38.1 Å². The molecule has 5 heteroatoms. The van der Waals surface area contributed by atoms with Crippen molar-refractivity contribution in [2.24, 2.45) is 5.92 Å².